The van der Waals surface area contributed by atoms with Gasteiger partial charge in [0.1, 0.15) is 0 Å². The number of aliphatic hydroxyl groups is 1. The maximum absolute atomic E-state index is 10.7. The van der Waals surface area contributed by atoms with Crippen molar-refractivity contribution in [2.45, 2.75) is 25.9 Å². The molecule has 1 aromatic rings. The fraction of sp³-hybridized carbons (Fsp3) is 0.538. The van der Waals surface area contributed by atoms with Gasteiger partial charge in [0.2, 0.25) is 0 Å². The predicted octanol–water partition coefficient (Wildman–Crippen LogP) is 1.81. The first-order valence-electron chi connectivity index (χ1n) is 5.63. The standard InChI is InChI=1S/C13H19NO/c1-10-3-5-12(6-4-10)13(15)7-8-14-9-11(13)2/h3-6,11,14-15H,7-9H2,1-2H3. The molecule has 1 aromatic carbocycles. The van der Waals surface area contributed by atoms with Crippen LogP contribution in [0.25, 0.3) is 0 Å². The van der Waals surface area contributed by atoms with Gasteiger partial charge in [-0.3, -0.25) is 0 Å². The minimum atomic E-state index is -0.640. The third kappa shape index (κ3) is 1.92. The molecule has 2 atom stereocenters. The van der Waals surface area contributed by atoms with Crippen LogP contribution in [0.3, 0.4) is 0 Å². The molecular weight excluding hydrogens is 186 g/mol. The minimum absolute atomic E-state index is 0.272. The summed E-state index contributed by atoms with van der Waals surface area (Å²) >= 11 is 0. The van der Waals surface area contributed by atoms with Gasteiger partial charge in [-0.05, 0) is 25.5 Å². The maximum Gasteiger partial charge on any atom is 0.0946 e. The zero-order valence-electron chi connectivity index (χ0n) is 9.46. The summed E-state index contributed by atoms with van der Waals surface area (Å²) in [6.07, 6.45) is 0.803. The van der Waals surface area contributed by atoms with Crippen LogP contribution in [-0.4, -0.2) is 18.2 Å². The summed E-state index contributed by atoms with van der Waals surface area (Å²) in [7, 11) is 0. The van der Waals surface area contributed by atoms with Crippen molar-refractivity contribution >= 4 is 0 Å². The first kappa shape index (κ1) is 10.7. The van der Waals surface area contributed by atoms with Crippen molar-refractivity contribution in [3.8, 4) is 0 Å². The van der Waals surface area contributed by atoms with Crippen LogP contribution in [0.4, 0.5) is 0 Å². The third-order valence-corrected chi connectivity index (χ3v) is 3.50. The lowest BCUT2D eigenvalue weighted by atomic mass is 9.77. The van der Waals surface area contributed by atoms with Crippen LogP contribution in [0.5, 0.6) is 0 Å². The summed E-state index contributed by atoms with van der Waals surface area (Å²) in [5, 5.41) is 14.0. The zero-order chi connectivity index (χ0) is 10.9. The van der Waals surface area contributed by atoms with E-state index in [9.17, 15) is 5.11 Å². The second-order valence-corrected chi connectivity index (χ2v) is 4.65. The fourth-order valence-electron chi connectivity index (χ4n) is 2.28. The molecule has 0 bridgehead atoms. The molecule has 82 valence electrons. The van der Waals surface area contributed by atoms with E-state index in [1.54, 1.807) is 0 Å². The quantitative estimate of drug-likeness (QED) is 0.733. The van der Waals surface area contributed by atoms with Gasteiger partial charge in [-0.2, -0.15) is 0 Å². The number of rotatable bonds is 1. The van der Waals surface area contributed by atoms with E-state index in [1.165, 1.54) is 5.56 Å². The molecule has 1 saturated heterocycles. The van der Waals surface area contributed by atoms with Crippen LogP contribution in [0.2, 0.25) is 0 Å². The molecule has 2 heteroatoms. The molecule has 2 N–H and O–H groups in total. The SMILES string of the molecule is Cc1ccc(C2(O)CCNCC2C)cc1. The van der Waals surface area contributed by atoms with Crippen LogP contribution < -0.4 is 5.32 Å². The van der Waals surface area contributed by atoms with Crippen LogP contribution in [0.1, 0.15) is 24.5 Å². The van der Waals surface area contributed by atoms with Crippen molar-refractivity contribution in [2.75, 3.05) is 13.1 Å². The van der Waals surface area contributed by atoms with E-state index in [2.05, 4.69) is 43.4 Å². The second-order valence-electron chi connectivity index (χ2n) is 4.65. The lowest BCUT2D eigenvalue weighted by molar-refractivity contribution is -0.0392. The number of hydrogen-bond acceptors (Lipinski definition) is 2. The monoisotopic (exact) mass is 205 g/mol. The van der Waals surface area contributed by atoms with Crippen LogP contribution in [0.15, 0.2) is 24.3 Å². The number of benzene rings is 1. The zero-order valence-corrected chi connectivity index (χ0v) is 9.46. The van der Waals surface area contributed by atoms with Crippen molar-refractivity contribution in [3.05, 3.63) is 35.4 Å². The Morgan fingerprint density at radius 1 is 1.33 bits per heavy atom. The smallest absolute Gasteiger partial charge is 0.0946 e. The van der Waals surface area contributed by atoms with E-state index < -0.39 is 5.60 Å². The normalized spacial score (nSPS) is 31.5. The highest BCUT2D eigenvalue weighted by Gasteiger charge is 2.37. The van der Waals surface area contributed by atoms with E-state index >= 15 is 0 Å². The van der Waals surface area contributed by atoms with E-state index in [1.807, 2.05) is 0 Å². The molecular formula is C13H19NO. The highest BCUT2D eigenvalue weighted by atomic mass is 16.3. The van der Waals surface area contributed by atoms with Gasteiger partial charge in [-0.25, -0.2) is 0 Å². The molecule has 0 radical (unpaired) electrons. The molecule has 1 heterocycles. The van der Waals surface area contributed by atoms with Gasteiger partial charge in [0.05, 0.1) is 5.60 Å². The number of hydrogen-bond donors (Lipinski definition) is 2. The lowest BCUT2D eigenvalue weighted by Gasteiger charge is -2.39. The molecule has 1 aliphatic rings. The van der Waals surface area contributed by atoms with E-state index in [0.29, 0.717) is 0 Å². The molecule has 15 heavy (non-hydrogen) atoms. The summed E-state index contributed by atoms with van der Waals surface area (Å²) in [4.78, 5) is 0. The summed E-state index contributed by atoms with van der Waals surface area (Å²) in [6.45, 7) is 5.96. The Morgan fingerprint density at radius 2 is 2.00 bits per heavy atom. The first-order chi connectivity index (χ1) is 7.13. The fourth-order valence-corrected chi connectivity index (χ4v) is 2.28. The lowest BCUT2D eigenvalue weighted by Crippen LogP contribution is -2.46. The summed E-state index contributed by atoms with van der Waals surface area (Å²) in [6, 6.07) is 8.25. The van der Waals surface area contributed by atoms with Crippen LogP contribution in [-0.2, 0) is 5.60 Å². The Labute approximate surface area is 91.3 Å². The van der Waals surface area contributed by atoms with Gasteiger partial charge in [0.25, 0.3) is 0 Å². The molecule has 1 fully saturated rings. The van der Waals surface area contributed by atoms with E-state index in [0.717, 1.165) is 25.1 Å². The van der Waals surface area contributed by atoms with Gasteiger partial charge in [-0.15, -0.1) is 0 Å². The molecule has 2 rings (SSSR count). The van der Waals surface area contributed by atoms with Crippen molar-refractivity contribution in [1.29, 1.82) is 0 Å². The largest absolute Gasteiger partial charge is 0.385 e. The van der Waals surface area contributed by atoms with Gasteiger partial charge >= 0.3 is 0 Å². The average molecular weight is 205 g/mol. The molecule has 0 aromatic heterocycles. The second kappa shape index (κ2) is 3.95. The molecule has 2 unspecified atom stereocenters. The van der Waals surface area contributed by atoms with Crippen molar-refractivity contribution in [2.24, 2.45) is 5.92 Å². The number of aryl methyl sites for hydroxylation is 1. The van der Waals surface area contributed by atoms with Gasteiger partial charge in [0, 0.05) is 12.5 Å². The van der Waals surface area contributed by atoms with Crippen molar-refractivity contribution in [1.82, 2.24) is 5.32 Å². The molecule has 0 spiro atoms. The predicted molar refractivity (Wildman–Crippen MR) is 61.7 cm³/mol. The number of nitrogens with one attached hydrogen (secondary N) is 1. The molecule has 0 aliphatic carbocycles. The molecule has 0 amide bonds. The Bertz CT molecular complexity index is 333. The third-order valence-electron chi connectivity index (χ3n) is 3.50. The summed E-state index contributed by atoms with van der Waals surface area (Å²) in [5.41, 5.74) is 1.66. The van der Waals surface area contributed by atoms with Crippen LogP contribution in [0, 0.1) is 12.8 Å². The Balaban J connectivity index is 2.30. The Kier molecular flexibility index (Phi) is 2.81. The van der Waals surface area contributed by atoms with Gasteiger partial charge in [0.15, 0.2) is 0 Å². The van der Waals surface area contributed by atoms with E-state index in [4.69, 9.17) is 0 Å². The molecule has 0 saturated carbocycles. The van der Waals surface area contributed by atoms with Crippen molar-refractivity contribution in [3.63, 3.8) is 0 Å². The summed E-state index contributed by atoms with van der Waals surface area (Å²) in [5.74, 6) is 0.272. The minimum Gasteiger partial charge on any atom is -0.385 e. The highest BCUT2D eigenvalue weighted by Crippen LogP contribution is 2.34. The summed E-state index contributed by atoms with van der Waals surface area (Å²) < 4.78 is 0. The Morgan fingerprint density at radius 3 is 2.60 bits per heavy atom. The molecule has 2 nitrogen and oxygen atoms in total. The van der Waals surface area contributed by atoms with Gasteiger partial charge < -0.3 is 10.4 Å². The number of piperidine rings is 1. The van der Waals surface area contributed by atoms with E-state index in [-0.39, 0.29) is 5.92 Å². The van der Waals surface area contributed by atoms with Gasteiger partial charge in [-0.1, -0.05) is 36.8 Å². The Hall–Kier alpha value is -0.860. The topological polar surface area (TPSA) is 32.3 Å². The van der Waals surface area contributed by atoms with Crippen molar-refractivity contribution < 1.29 is 5.11 Å². The first-order valence-corrected chi connectivity index (χ1v) is 5.63. The highest BCUT2D eigenvalue weighted by molar-refractivity contribution is 5.27. The maximum atomic E-state index is 10.7. The molecule has 1 aliphatic heterocycles. The average Bonchev–Trinajstić information content (AvgIpc) is 2.23. The van der Waals surface area contributed by atoms with Crippen LogP contribution >= 0.6 is 0 Å².